The lowest BCUT2D eigenvalue weighted by Gasteiger charge is -2.19. The number of likely N-dealkylation sites (tertiary alicyclic amines) is 1. The lowest BCUT2D eigenvalue weighted by atomic mass is 10.1. The molecule has 1 aromatic rings. The van der Waals surface area contributed by atoms with Crippen LogP contribution < -0.4 is 11.1 Å². The van der Waals surface area contributed by atoms with Crippen LogP contribution in [0.4, 0.5) is 18.9 Å². The van der Waals surface area contributed by atoms with Crippen molar-refractivity contribution in [3.63, 3.8) is 0 Å². The van der Waals surface area contributed by atoms with Gasteiger partial charge in [0.15, 0.2) is 0 Å². The minimum absolute atomic E-state index is 0. The zero-order chi connectivity index (χ0) is 16.5. The Morgan fingerprint density at radius 3 is 2.70 bits per heavy atom. The molecule has 1 aliphatic heterocycles. The fourth-order valence-electron chi connectivity index (χ4n) is 2.37. The number of alkyl halides is 3. The van der Waals surface area contributed by atoms with Crippen LogP contribution in [0.1, 0.15) is 22.3 Å². The first-order valence-electron chi connectivity index (χ1n) is 6.70. The van der Waals surface area contributed by atoms with E-state index in [1.165, 1.54) is 6.07 Å². The molecule has 1 heterocycles. The Kier molecular flexibility index (Phi) is 5.87. The van der Waals surface area contributed by atoms with Crippen molar-refractivity contribution in [1.29, 1.82) is 0 Å². The number of benzene rings is 1. The van der Waals surface area contributed by atoms with E-state index in [-0.39, 0.29) is 25.4 Å². The number of halogens is 4. The van der Waals surface area contributed by atoms with Crippen molar-refractivity contribution in [2.24, 2.45) is 0 Å². The van der Waals surface area contributed by atoms with Crippen molar-refractivity contribution in [3.05, 3.63) is 29.3 Å². The molecule has 0 aromatic heterocycles. The first kappa shape index (κ1) is 19.1. The zero-order valence-electron chi connectivity index (χ0n) is 12.3. The van der Waals surface area contributed by atoms with Gasteiger partial charge in [-0.3, -0.25) is 9.59 Å². The van der Waals surface area contributed by atoms with Crippen LogP contribution in [0.3, 0.4) is 0 Å². The molecule has 1 fully saturated rings. The Hall–Kier alpha value is -1.96. The summed E-state index contributed by atoms with van der Waals surface area (Å²) < 4.78 is 37.0. The van der Waals surface area contributed by atoms with E-state index in [1.54, 1.807) is 19.1 Å². The molecule has 0 radical (unpaired) electrons. The monoisotopic (exact) mass is 351 g/mol. The minimum atomic E-state index is -4.45. The van der Waals surface area contributed by atoms with E-state index in [1.807, 2.05) is 0 Å². The second kappa shape index (κ2) is 7.08. The molecule has 5 nitrogen and oxygen atoms in total. The number of anilines is 1. The van der Waals surface area contributed by atoms with Crippen LogP contribution in [-0.2, 0) is 4.79 Å². The molecule has 23 heavy (non-hydrogen) atoms. The Morgan fingerprint density at radius 2 is 2.09 bits per heavy atom. The molecule has 1 aromatic carbocycles. The molecular weight excluding hydrogens is 335 g/mol. The first-order valence-corrected chi connectivity index (χ1v) is 6.70. The lowest BCUT2D eigenvalue weighted by Crippen LogP contribution is -2.43. The lowest BCUT2D eigenvalue weighted by molar-refractivity contribution is -0.157. The van der Waals surface area contributed by atoms with Crippen molar-refractivity contribution >= 4 is 29.9 Å². The summed E-state index contributed by atoms with van der Waals surface area (Å²) in [5, 5.41) is 2.48. The molecule has 1 unspecified atom stereocenters. The number of nitrogens with two attached hydrogens (primary N) is 1. The van der Waals surface area contributed by atoms with E-state index in [2.05, 4.69) is 5.32 Å². The molecule has 1 atom stereocenters. The van der Waals surface area contributed by atoms with E-state index in [9.17, 15) is 22.8 Å². The smallest absolute Gasteiger partial charge is 0.399 e. The largest absolute Gasteiger partial charge is 0.406 e. The highest BCUT2D eigenvalue weighted by Gasteiger charge is 2.39. The highest BCUT2D eigenvalue weighted by Crippen LogP contribution is 2.21. The van der Waals surface area contributed by atoms with Gasteiger partial charge in [0, 0.05) is 17.8 Å². The van der Waals surface area contributed by atoms with Crippen molar-refractivity contribution < 1.29 is 22.8 Å². The summed E-state index contributed by atoms with van der Waals surface area (Å²) in [7, 11) is 0. The molecule has 0 saturated carbocycles. The number of nitrogen functional groups attached to an aromatic ring is 1. The summed E-state index contributed by atoms with van der Waals surface area (Å²) in [4.78, 5) is 24.7. The summed E-state index contributed by atoms with van der Waals surface area (Å²) in [6, 6.07) is 3.84. The normalized spacial score (nSPS) is 17.8. The van der Waals surface area contributed by atoms with Gasteiger partial charge in [-0.2, -0.15) is 13.2 Å². The highest BCUT2D eigenvalue weighted by molar-refractivity contribution is 5.99. The maximum Gasteiger partial charge on any atom is 0.406 e. The third-order valence-electron chi connectivity index (χ3n) is 3.48. The van der Waals surface area contributed by atoms with Gasteiger partial charge in [0.05, 0.1) is 0 Å². The molecule has 0 bridgehead atoms. The zero-order valence-corrected chi connectivity index (χ0v) is 13.1. The first-order chi connectivity index (χ1) is 10.2. The molecule has 3 N–H and O–H groups in total. The SMILES string of the molecule is Cc1ccc(N)cc1C(=O)NC1CCN(CC(F)(F)F)C1=O.Cl. The number of rotatable bonds is 3. The van der Waals surface area contributed by atoms with E-state index in [0.29, 0.717) is 21.7 Å². The number of hydrogen-bond donors (Lipinski definition) is 2. The van der Waals surface area contributed by atoms with Crippen LogP contribution in [0.2, 0.25) is 0 Å². The molecule has 9 heteroatoms. The Balaban J connectivity index is 0.00000264. The van der Waals surface area contributed by atoms with E-state index in [0.717, 1.165) is 0 Å². The van der Waals surface area contributed by atoms with Crippen LogP contribution >= 0.6 is 12.4 Å². The topological polar surface area (TPSA) is 75.4 Å². The van der Waals surface area contributed by atoms with Gasteiger partial charge in [-0.15, -0.1) is 12.4 Å². The van der Waals surface area contributed by atoms with Crippen LogP contribution in [0.15, 0.2) is 18.2 Å². The fourth-order valence-corrected chi connectivity index (χ4v) is 2.37. The third kappa shape index (κ3) is 4.75. The van der Waals surface area contributed by atoms with Gasteiger partial charge >= 0.3 is 6.18 Å². The second-order valence-corrected chi connectivity index (χ2v) is 5.26. The standard InChI is InChI=1S/C14H16F3N3O2.ClH/c1-8-2-3-9(18)6-10(8)12(21)19-11-4-5-20(13(11)22)7-14(15,16)17;/h2-3,6,11H,4-5,7,18H2,1H3,(H,19,21);1H. The molecular formula is C14H17ClF3N3O2. The second-order valence-electron chi connectivity index (χ2n) is 5.26. The molecule has 1 aliphatic rings. The van der Waals surface area contributed by atoms with Crippen LogP contribution in [0.5, 0.6) is 0 Å². The average Bonchev–Trinajstić information content (AvgIpc) is 2.72. The number of aryl methyl sites for hydroxylation is 1. The summed E-state index contributed by atoms with van der Waals surface area (Å²) in [5.41, 5.74) is 6.99. The highest BCUT2D eigenvalue weighted by atomic mass is 35.5. The van der Waals surface area contributed by atoms with Gasteiger partial charge < -0.3 is 16.0 Å². The predicted octanol–water partition coefficient (Wildman–Crippen LogP) is 1.89. The Bertz CT molecular complexity index is 607. The van der Waals surface area contributed by atoms with E-state index >= 15 is 0 Å². The third-order valence-corrected chi connectivity index (χ3v) is 3.48. The van der Waals surface area contributed by atoms with Crippen molar-refractivity contribution in [1.82, 2.24) is 10.2 Å². The van der Waals surface area contributed by atoms with Crippen molar-refractivity contribution in [3.8, 4) is 0 Å². The van der Waals surface area contributed by atoms with Crippen molar-refractivity contribution in [2.75, 3.05) is 18.8 Å². The van der Waals surface area contributed by atoms with Gasteiger partial charge in [0.25, 0.3) is 5.91 Å². The maximum atomic E-state index is 12.3. The number of amides is 2. The Morgan fingerprint density at radius 1 is 1.43 bits per heavy atom. The van der Waals surface area contributed by atoms with E-state index < -0.39 is 30.6 Å². The number of nitrogens with zero attached hydrogens (tertiary/aromatic N) is 1. The molecule has 128 valence electrons. The molecule has 2 rings (SSSR count). The van der Waals surface area contributed by atoms with Gasteiger partial charge in [-0.1, -0.05) is 6.07 Å². The van der Waals surface area contributed by atoms with Crippen LogP contribution in [-0.4, -0.2) is 42.0 Å². The molecule has 0 spiro atoms. The number of hydrogen-bond acceptors (Lipinski definition) is 3. The molecule has 2 amide bonds. The molecule has 0 aliphatic carbocycles. The van der Waals surface area contributed by atoms with Gasteiger partial charge in [0.2, 0.25) is 5.91 Å². The van der Waals surface area contributed by atoms with Gasteiger partial charge in [-0.05, 0) is 31.0 Å². The fraction of sp³-hybridized carbons (Fsp3) is 0.429. The van der Waals surface area contributed by atoms with Gasteiger partial charge in [-0.25, -0.2) is 0 Å². The number of carbonyl (C=O) groups is 2. The molecule has 1 saturated heterocycles. The maximum absolute atomic E-state index is 12.3. The summed E-state index contributed by atoms with van der Waals surface area (Å²) >= 11 is 0. The summed E-state index contributed by atoms with van der Waals surface area (Å²) in [5.74, 6) is -1.23. The number of carbonyl (C=O) groups excluding carboxylic acids is 2. The Labute approximate surface area is 137 Å². The predicted molar refractivity (Wildman–Crippen MR) is 81.3 cm³/mol. The van der Waals surface area contributed by atoms with Crippen molar-refractivity contribution in [2.45, 2.75) is 25.6 Å². The summed E-state index contributed by atoms with van der Waals surface area (Å²) in [6.45, 7) is 0.384. The van der Waals surface area contributed by atoms with Crippen LogP contribution in [0.25, 0.3) is 0 Å². The number of nitrogens with one attached hydrogen (secondary N) is 1. The van der Waals surface area contributed by atoms with Crippen LogP contribution in [0, 0.1) is 6.92 Å². The minimum Gasteiger partial charge on any atom is -0.399 e. The average molecular weight is 352 g/mol. The quantitative estimate of drug-likeness (QED) is 0.817. The van der Waals surface area contributed by atoms with E-state index in [4.69, 9.17) is 5.73 Å². The summed E-state index contributed by atoms with van der Waals surface area (Å²) in [6.07, 6.45) is -4.29. The van der Waals surface area contributed by atoms with Gasteiger partial charge in [0.1, 0.15) is 12.6 Å².